The van der Waals surface area contributed by atoms with Gasteiger partial charge in [-0.3, -0.25) is 10.1 Å². The highest BCUT2D eigenvalue weighted by molar-refractivity contribution is 6.30. The van der Waals surface area contributed by atoms with Crippen LogP contribution in [0.25, 0.3) is 0 Å². The molecule has 0 saturated carbocycles. The normalized spacial score (nSPS) is 12.0. The van der Waals surface area contributed by atoms with Crippen molar-refractivity contribution in [2.45, 2.75) is 5.92 Å². The van der Waals surface area contributed by atoms with Crippen LogP contribution in [-0.4, -0.2) is 4.92 Å². The number of nitro groups is 1. The first-order chi connectivity index (χ1) is 7.33. The predicted octanol–water partition coefficient (Wildman–Crippen LogP) is 3.36. The third kappa shape index (κ3) is 2.96. The van der Waals surface area contributed by atoms with E-state index in [4.69, 9.17) is 11.6 Å². The standard InChI is InChI=1S/C9H5ClF3NO2/c10-6-1-2-7(8(11)5-6)9(12,13)3-4-14(15)16/h1-5H. The number of rotatable bonds is 3. The van der Waals surface area contributed by atoms with Gasteiger partial charge in [0.25, 0.3) is 0 Å². The lowest BCUT2D eigenvalue weighted by molar-refractivity contribution is -0.403. The van der Waals surface area contributed by atoms with Crippen molar-refractivity contribution in [3.05, 3.63) is 57.0 Å². The van der Waals surface area contributed by atoms with Gasteiger partial charge in [0.05, 0.1) is 16.6 Å². The molecular weight excluding hydrogens is 247 g/mol. The van der Waals surface area contributed by atoms with Gasteiger partial charge in [0.15, 0.2) is 0 Å². The Morgan fingerprint density at radius 3 is 2.56 bits per heavy atom. The van der Waals surface area contributed by atoms with E-state index < -0.39 is 22.2 Å². The lowest BCUT2D eigenvalue weighted by atomic mass is 10.1. The Morgan fingerprint density at radius 1 is 1.44 bits per heavy atom. The number of allylic oxidation sites excluding steroid dienone is 1. The molecule has 0 aliphatic carbocycles. The van der Waals surface area contributed by atoms with Crippen LogP contribution in [0.15, 0.2) is 30.5 Å². The van der Waals surface area contributed by atoms with Gasteiger partial charge in [0.2, 0.25) is 6.20 Å². The fourth-order valence-electron chi connectivity index (χ4n) is 1.00. The molecular formula is C9H5ClF3NO2. The molecule has 0 amide bonds. The fourth-order valence-corrected chi connectivity index (χ4v) is 1.16. The number of halogens is 4. The average molecular weight is 252 g/mol. The molecule has 0 spiro atoms. The summed E-state index contributed by atoms with van der Waals surface area (Å²) in [6.07, 6.45) is 0.0768. The lowest BCUT2D eigenvalue weighted by Crippen LogP contribution is -2.12. The number of benzene rings is 1. The summed E-state index contributed by atoms with van der Waals surface area (Å²) in [4.78, 5) is 8.83. The Bertz CT molecular complexity index is 448. The van der Waals surface area contributed by atoms with Gasteiger partial charge >= 0.3 is 5.92 Å². The molecule has 86 valence electrons. The molecule has 16 heavy (non-hydrogen) atoms. The molecule has 1 aromatic carbocycles. The van der Waals surface area contributed by atoms with Gasteiger partial charge in [-0.05, 0) is 18.2 Å². The number of alkyl halides is 2. The van der Waals surface area contributed by atoms with E-state index >= 15 is 0 Å². The first-order valence-electron chi connectivity index (χ1n) is 3.99. The number of hydrogen-bond acceptors (Lipinski definition) is 2. The zero-order chi connectivity index (χ0) is 12.3. The monoisotopic (exact) mass is 251 g/mol. The minimum Gasteiger partial charge on any atom is -0.259 e. The van der Waals surface area contributed by atoms with Crippen molar-refractivity contribution < 1.29 is 18.1 Å². The van der Waals surface area contributed by atoms with Crippen LogP contribution in [0.2, 0.25) is 5.02 Å². The molecule has 0 bridgehead atoms. The van der Waals surface area contributed by atoms with Crippen LogP contribution in [0.4, 0.5) is 13.2 Å². The SMILES string of the molecule is O=[N+]([O-])C=CC(F)(F)c1ccc(Cl)cc1F. The summed E-state index contributed by atoms with van der Waals surface area (Å²) in [7, 11) is 0. The predicted molar refractivity (Wildman–Crippen MR) is 51.4 cm³/mol. The van der Waals surface area contributed by atoms with Crippen LogP contribution < -0.4 is 0 Å². The molecule has 0 aliphatic heterocycles. The summed E-state index contributed by atoms with van der Waals surface area (Å²) in [5.41, 5.74) is -0.963. The second kappa shape index (κ2) is 4.52. The molecule has 0 radical (unpaired) electrons. The van der Waals surface area contributed by atoms with Gasteiger partial charge in [0.1, 0.15) is 5.82 Å². The number of nitrogens with zero attached hydrogens (tertiary/aromatic N) is 1. The summed E-state index contributed by atoms with van der Waals surface area (Å²) in [5, 5.41) is 9.85. The Hall–Kier alpha value is -1.56. The molecule has 1 rings (SSSR count). The van der Waals surface area contributed by atoms with E-state index in [9.17, 15) is 23.3 Å². The summed E-state index contributed by atoms with van der Waals surface area (Å²) < 4.78 is 39.6. The highest BCUT2D eigenvalue weighted by atomic mass is 35.5. The van der Waals surface area contributed by atoms with Crippen molar-refractivity contribution in [1.29, 1.82) is 0 Å². The minimum absolute atomic E-state index is 0.0132. The molecule has 0 heterocycles. The Morgan fingerprint density at radius 2 is 2.06 bits per heavy atom. The van der Waals surface area contributed by atoms with Crippen molar-refractivity contribution in [2.24, 2.45) is 0 Å². The Balaban J connectivity index is 3.11. The van der Waals surface area contributed by atoms with Crippen LogP contribution in [0, 0.1) is 15.9 Å². The van der Waals surface area contributed by atoms with Crippen molar-refractivity contribution in [1.82, 2.24) is 0 Å². The summed E-state index contributed by atoms with van der Waals surface area (Å²) in [6.45, 7) is 0. The van der Waals surface area contributed by atoms with E-state index in [1.807, 2.05) is 0 Å². The molecule has 0 saturated heterocycles. The topological polar surface area (TPSA) is 43.1 Å². The second-order valence-corrected chi connectivity index (χ2v) is 3.28. The van der Waals surface area contributed by atoms with E-state index in [2.05, 4.69) is 0 Å². The van der Waals surface area contributed by atoms with E-state index in [-0.39, 0.29) is 17.3 Å². The van der Waals surface area contributed by atoms with Gasteiger partial charge in [-0.15, -0.1) is 0 Å². The molecule has 0 N–H and O–H groups in total. The van der Waals surface area contributed by atoms with Crippen molar-refractivity contribution in [3.8, 4) is 0 Å². The largest absolute Gasteiger partial charge is 0.300 e. The fraction of sp³-hybridized carbons (Fsp3) is 0.111. The summed E-state index contributed by atoms with van der Waals surface area (Å²) in [6, 6.07) is 2.57. The maximum Gasteiger partial charge on any atom is 0.300 e. The van der Waals surface area contributed by atoms with E-state index in [1.165, 1.54) is 0 Å². The third-order valence-corrected chi connectivity index (χ3v) is 1.93. The van der Waals surface area contributed by atoms with Gasteiger partial charge in [-0.2, -0.15) is 8.78 Å². The van der Waals surface area contributed by atoms with Crippen molar-refractivity contribution >= 4 is 11.6 Å². The molecule has 1 aromatic rings. The van der Waals surface area contributed by atoms with Crippen LogP contribution in [0.3, 0.4) is 0 Å². The molecule has 7 heteroatoms. The number of hydrogen-bond donors (Lipinski definition) is 0. The van der Waals surface area contributed by atoms with Gasteiger partial charge in [0, 0.05) is 5.02 Å². The van der Waals surface area contributed by atoms with Crippen LogP contribution in [-0.2, 0) is 5.92 Å². The second-order valence-electron chi connectivity index (χ2n) is 2.85. The highest BCUT2D eigenvalue weighted by Gasteiger charge is 2.32. The molecule has 0 aliphatic rings. The zero-order valence-electron chi connectivity index (χ0n) is 7.66. The quantitative estimate of drug-likeness (QED) is 0.611. The van der Waals surface area contributed by atoms with E-state index in [0.717, 1.165) is 12.1 Å². The first-order valence-corrected chi connectivity index (χ1v) is 4.37. The average Bonchev–Trinajstić information content (AvgIpc) is 2.14. The summed E-state index contributed by atoms with van der Waals surface area (Å²) in [5.74, 6) is -4.97. The van der Waals surface area contributed by atoms with Crippen molar-refractivity contribution in [2.75, 3.05) is 0 Å². The Kier molecular flexibility index (Phi) is 3.54. The molecule has 0 atom stereocenters. The smallest absolute Gasteiger partial charge is 0.259 e. The molecule has 0 fully saturated rings. The first kappa shape index (κ1) is 12.5. The maximum absolute atomic E-state index is 13.2. The van der Waals surface area contributed by atoms with Crippen LogP contribution >= 0.6 is 11.6 Å². The molecule has 0 unspecified atom stereocenters. The van der Waals surface area contributed by atoms with Gasteiger partial charge in [-0.25, -0.2) is 4.39 Å². The molecule has 3 nitrogen and oxygen atoms in total. The zero-order valence-corrected chi connectivity index (χ0v) is 8.42. The van der Waals surface area contributed by atoms with E-state index in [0.29, 0.717) is 6.07 Å². The van der Waals surface area contributed by atoms with E-state index in [1.54, 1.807) is 0 Å². The Labute approximate surface area is 93.3 Å². The van der Waals surface area contributed by atoms with Gasteiger partial charge < -0.3 is 0 Å². The molecule has 0 aromatic heterocycles. The minimum atomic E-state index is -3.75. The van der Waals surface area contributed by atoms with Crippen LogP contribution in [0.1, 0.15) is 5.56 Å². The third-order valence-electron chi connectivity index (χ3n) is 1.70. The maximum atomic E-state index is 13.2. The van der Waals surface area contributed by atoms with Crippen molar-refractivity contribution in [3.63, 3.8) is 0 Å². The van der Waals surface area contributed by atoms with Crippen LogP contribution in [0.5, 0.6) is 0 Å². The van der Waals surface area contributed by atoms with Gasteiger partial charge in [-0.1, -0.05) is 11.6 Å². The highest BCUT2D eigenvalue weighted by Crippen LogP contribution is 2.32. The summed E-state index contributed by atoms with van der Waals surface area (Å²) >= 11 is 5.38. The lowest BCUT2D eigenvalue weighted by Gasteiger charge is -2.11.